The third-order valence-electron chi connectivity index (χ3n) is 7.57. The number of nitrogens with zero attached hydrogens (tertiary/aromatic N) is 4. The summed E-state index contributed by atoms with van der Waals surface area (Å²) < 4.78 is 28.0. The molecule has 8 nitrogen and oxygen atoms in total. The van der Waals surface area contributed by atoms with Crippen LogP contribution in [0.15, 0.2) is 29.2 Å². The van der Waals surface area contributed by atoms with Crippen molar-refractivity contribution in [1.29, 1.82) is 0 Å². The molecule has 2 amide bonds. The highest BCUT2D eigenvalue weighted by Gasteiger charge is 2.32. The topological polar surface area (TPSA) is 81.2 Å². The molecule has 3 saturated heterocycles. The van der Waals surface area contributed by atoms with Gasteiger partial charge in [-0.05, 0) is 64.2 Å². The van der Waals surface area contributed by atoms with Gasteiger partial charge in [-0.1, -0.05) is 12.5 Å². The Bertz CT molecular complexity index is 990. The van der Waals surface area contributed by atoms with E-state index in [0.29, 0.717) is 50.9 Å². The van der Waals surface area contributed by atoms with Gasteiger partial charge < -0.3 is 9.80 Å². The molecule has 0 N–H and O–H groups in total. The van der Waals surface area contributed by atoms with Gasteiger partial charge in [0.1, 0.15) is 0 Å². The Hall–Kier alpha value is -1.97. The van der Waals surface area contributed by atoms with Crippen molar-refractivity contribution in [2.75, 3.05) is 45.8 Å². The Morgan fingerprint density at radius 2 is 1.56 bits per heavy atom. The van der Waals surface area contributed by atoms with Gasteiger partial charge >= 0.3 is 0 Å². The van der Waals surface area contributed by atoms with E-state index in [9.17, 15) is 18.0 Å². The lowest BCUT2D eigenvalue weighted by atomic mass is 10.0. The highest BCUT2D eigenvalue weighted by molar-refractivity contribution is 7.89. The number of carbonyl (C=O) groups excluding carboxylic acids is 2. The maximum atomic E-state index is 13.2. The van der Waals surface area contributed by atoms with Gasteiger partial charge in [0.25, 0.3) is 5.91 Å². The molecule has 1 aromatic carbocycles. The molecule has 4 rings (SSSR count). The number of carbonyl (C=O) groups is 2. The Kier molecular flexibility index (Phi) is 7.94. The predicted molar refractivity (Wildman–Crippen MR) is 131 cm³/mol. The van der Waals surface area contributed by atoms with Crippen LogP contribution in [0.5, 0.6) is 0 Å². The van der Waals surface area contributed by atoms with E-state index in [-0.39, 0.29) is 22.8 Å². The summed E-state index contributed by atoms with van der Waals surface area (Å²) in [5.41, 5.74) is 0.400. The number of hydrogen-bond acceptors (Lipinski definition) is 5. The molecular formula is C25H38N4O4S. The average molecular weight is 491 g/mol. The number of likely N-dealkylation sites (tertiary alicyclic amines) is 1. The second kappa shape index (κ2) is 10.7. The van der Waals surface area contributed by atoms with Gasteiger partial charge in [0.05, 0.1) is 11.4 Å². The standard InChI is InChI=1S/C25H38N4O4S/c1-20-8-3-5-12-28(20)24(30)19-26-14-16-27(17-15-26)25(31)22-10-7-11-23(18-22)34(32,33)29-13-6-4-9-21(29)2/h7,10-11,18,20-21H,3-6,8-9,12-17,19H2,1-2H3. The molecule has 3 fully saturated rings. The van der Waals surface area contributed by atoms with Crippen molar-refractivity contribution >= 4 is 21.8 Å². The van der Waals surface area contributed by atoms with Crippen molar-refractivity contribution < 1.29 is 18.0 Å². The van der Waals surface area contributed by atoms with E-state index in [1.165, 1.54) is 12.5 Å². The van der Waals surface area contributed by atoms with E-state index in [1.807, 2.05) is 11.8 Å². The predicted octanol–water partition coefficient (Wildman–Crippen LogP) is 2.41. The van der Waals surface area contributed by atoms with E-state index in [0.717, 1.165) is 38.6 Å². The van der Waals surface area contributed by atoms with Crippen LogP contribution in [0.4, 0.5) is 0 Å². The van der Waals surface area contributed by atoms with E-state index in [1.54, 1.807) is 27.4 Å². The van der Waals surface area contributed by atoms with Gasteiger partial charge in [0.2, 0.25) is 15.9 Å². The third-order valence-corrected chi connectivity index (χ3v) is 9.58. The molecule has 34 heavy (non-hydrogen) atoms. The highest BCUT2D eigenvalue weighted by Crippen LogP contribution is 2.26. The van der Waals surface area contributed by atoms with Crippen LogP contribution in [-0.2, 0) is 14.8 Å². The molecule has 0 spiro atoms. The van der Waals surface area contributed by atoms with Gasteiger partial charge in [0, 0.05) is 56.9 Å². The normalized spacial score (nSPS) is 25.4. The molecule has 0 radical (unpaired) electrons. The summed E-state index contributed by atoms with van der Waals surface area (Å²) in [6, 6.07) is 6.73. The van der Waals surface area contributed by atoms with Gasteiger partial charge in [0.15, 0.2) is 0 Å². The fourth-order valence-corrected chi connectivity index (χ4v) is 7.14. The van der Waals surface area contributed by atoms with Crippen LogP contribution in [0.25, 0.3) is 0 Å². The van der Waals surface area contributed by atoms with E-state index >= 15 is 0 Å². The third kappa shape index (κ3) is 5.47. The summed E-state index contributed by atoms with van der Waals surface area (Å²) >= 11 is 0. The number of benzene rings is 1. The van der Waals surface area contributed by atoms with Crippen molar-refractivity contribution in [2.45, 2.75) is 69.4 Å². The minimum Gasteiger partial charge on any atom is -0.339 e. The first-order valence-corrected chi connectivity index (χ1v) is 14.1. The Balaban J connectivity index is 1.36. The molecule has 3 heterocycles. The van der Waals surface area contributed by atoms with E-state index < -0.39 is 10.0 Å². The fraction of sp³-hybridized carbons (Fsp3) is 0.680. The SMILES string of the molecule is CC1CCCCN1C(=O)CN1CCN(C(=O)c2cccc(S(=O)(=O)N3CCCCC3C)c2)CC1. The number of sulfonamides is 1. The Morgan fingerprint density at radius 1 is 0.882 bits per heavy atom. The number of hydrogen-bond donors (Lipinski definition) is 0. The zero-order chi connectivity index (χ0) is 24.3. The fourth-order valence-electron chi connectivity index (χ4n) is 5.40. The van der Waals surface area contributed by atoms with Crippen LogP contribution >= 0.6 is 0 Å². The van der Waals surface area contributed by atoms with Crippen LogP contribution in [0.1, 0.15) is 62.7 Å². The molecule has 0 bridgehead atoms. The second-order valence-corrected chi connectivity index (χ2v) is 11.9. The lowest BCUT2D eigenvalue weighted by Gasteiger charge is -2.38. The molecule has 9 heteroatoms. The lowest BCUT2D eigenvalue weighted by molar-refractivity contribution is -0.136. The number of rotatable bonds is 5. The van der Waals surface area contributed by atoms with Crippen LogP contribution in [0, 0.1) is 0 Å². The Morgan fingerprint density at radius 3 is 2.24 bits per heavy atom. The van der Waals surface area contributed by atoms with Crippen molar-refractivity contribution in [2.24, 2.45) is 0 Å². The highest BCUT2D eigenvalue weighted by atomic mass is 32.2. The number of piperazine rings is 1. The van der Waals surface area contributed by atoms with Crippen molar-refractivity contribution in [1.82, 2.24) is 19.0 Å². The molecule has 3 aliphatic rings. The maximum Gasteiger partial charge on any atom is 0.253 e. The van der Waals surface area contributed by atoms with E-state index in [4.69, 9.17) is 0 Å². The van der Waals surface area contributed by atoms with Crippen LogP contribution in [0.3, 0.4) is 0 Å². The van der Waals surface area contributed by atoms with Crippen molar-refractivity contribution in [3.63, 3.8) is 0 Å². The zero-order valence-corrected chi connectivity index (χ0v) is 21.3. The average Bonchev–Trinajstić information content (AvgIpc) is 2.84. The number of piperidine rings is 2. The molecule has 2 unspecified atom stereocenters. The minimum absolute atomic E-state index is 0.0261. The first kappa shape index (κ1) is 25.1. The molecule has 0 aromatic heterocycles. The maximum absolute atomic E-state index is 13.2. The summed E-state index contributed by atoms with van der Waals surface area (Å²) in [5.74, 6) is 0.0243. The molecule has 3 aliphatic heterocycles. The smallest absolute Gasteiger partial charge is 0.253 e. The minimum atomic E-state index is -3.62. The molecule has 188 valence electrons. The lowest BCUT2D eigenvalue weighted by Crippen LogP contribution is -2.53. The molecule has 0 saturated carbocycles. The van der Waals surface area contributed by atoms with Gasteiger partial charge in [-0.25, -0.2) is 8.42 Å². The van der Waals surface area contributed by atoms with Gasteiger partial charge in [-0.2, -0.15) is 4.31 Å². The Labute approximate surface area is 203 Å². The quantitative estimate of drug-likeness (QED) is 0.633. The summed E-state index contributed by atoms with van der Waals surface area (Å²) in [4.78, 5) is 32.0. The number of amides is 2. The van der Waals surface area contributed by atoms with Crippen LogP contribution in [-0.4, -0.2) is 97.1 Å². The first-order valence-electron chi connectivity index (χ1n) is 12.7. The first-order chi connectivity index (χ1) is 16.3. The van der Waals surface area contributed by atoms with Crippen molar-refractivity contribution in [3.8, 4) is 0 Å². The zero-order valence-electron chi connectivity index (χ0n) is 20.5. The van der Waals surface area contributed by atoms with Crippen molar-refractivity contribution in [3.05, 3.63) is 29.8 Å². The van der Waals surface area contributed by atoms with Crippen LogP contribution in [0.2, 0.25) is 0 Å². The summed E-state index contributed by atoms with van der Waals surface area (Å²) in [7, 11) is -3.62. The monoisotopic (exact) mass is 490 g/mol. The molecule has 0 aliphatic carbocycles. The summed E-state index contributed by atoms with van der Waals surface area (Å²) in [5, 5.41) is 0. The second-order valence-electron chi connectivity index (χ2n) is 9.99. The van der Waals surface area contributed by atoms with Gasteiger partial charge in [-0.15, -0.1) is 0 Å². The molecule has 1 aromatic rings. The van der Waals surface area contributed by atoms with Crippen LogP contribution < -0.4 is 0 Å². The summed E-state index contributed by atoms with van der Waals surface area (Å²) in [6.45, 7) is 8.17. The largest absolute Gasteiger partial charge is 0.339 e. The van der Waals surface area contributed by atoms with E-state index in [2.05, 4.69) is 11.8 Å². The summed E-state index contributed by atoms with van der Waals surface area (Å²) in [6.07, 6.45) is 6.10. The molecule has 2 atom stereocenters. The molecular weight excluding hydrogens is 452 g/mol. The van der Waals surface area contributed by atoms with Gasteiger partial charge in [-0.3, -0.25) is 14.5 Å².